The van der Waals surface area contributed by atoms with Gasteiger partial charge in [0.25, 0.3) is 6.47 Å². The summed E-state index contributed by atoms with van der Waals surface area (Å²) in [6.07, 6.45) is -1.61. The minimum absolute atomic E-state index is 0.0147. The molecule has 4 heterocycles. The number of aliphatic hydroxyl groups is 1. The van der Waals surface area contributed by atoms with E-state index in [1.807, 2.05) is 0 Å². The molecule has 133 heavy (non-hydrogen) atoms. The number of nitrogens with two attached hydrogens (primary N) is 2. The van der Waals surface area contributed by atoms with Crippen LogP contribution in [0.3, 0.4) is 0 Å². The van der Waals surface area contributed by atoms with Gasteiger partial charge in [0.2, 0.25) is 88.6 Å². The summed E-state index contributed by atoms with van der Waals surface area (Å²) < 4.78 is 55.5. The highest BCUT2D eigenvalue weighted by molar-refractivity contribution is 8.00. The summed E-state index contributed by atoms with van der Waals surface area (Å²) in [5.74, 6) is -22.1. The number of aromatic nitrogens is 1. The van der Waals surface area contributed by atoms with E-state index >= 15 is 51.9 Å². The summed E-state index contributed by atoms with van der Waals surface area (Å²) in [5.41, 5.74) is 13.6. The fraction of sp³-hybridized carbons (Fsp3) is 0.478. The molecule has 14 atom stereocenters. The van der Waals surface area contributed by atoms with Gasteiger partial charge in [-0.3, -0.25) is 76.7 Å². The molecule has 0 saturated carbocycles. The van der Waals surface area contributed by atoms with Gasteiger partial charge in [0.1, 0.15) is 90.9 Å². The lowest BCUT2D eigenvalue weighted by molar-refractivity contribution is -0.152. The molecule has 3 aliphatic rings. The molecule has 16 N–H and O–H groups in total. The van der Waals surface area contributed by atoms with Crippen LogP contribution in [0, 0.1) is 23.4 Å². The smallest absolute Gasteiger partial charge is 0.293 e. The molecule has 5 aromatic carbocycles. The van der Waals surface area contributed by atoms with Crippen molar-refractivity contribution < 1.29 is 110 Å². The molecule has 3 aliphatic heterocycles. The van der Waals surface area contributed by atoms with Crippen molar-refractivity contribution >= 4 is 118 Å². The number of thioether (sulfide) groups is 1. The number of H-pyrrole nitrogens is 1. The number of amides is 15. The Morgan fingerprint density at radius 1 is 0.579 bits per heavy atom. The molecule has 6 aromatic rings. The predicted octanol–water partition coefficient (Wildman–Crippen LogP) is 0.259. The summed E-state index contributed by atoms with van der Waals surface area (Å²) in [4.78, 5) is 245. The normalized spacial score (nSPS) is 24.1. The van der Waals surface area contributed by atoms with Gasteiger partial charge in [-0.2, -0.15) is 0 Å². The van der Waals surface area contributed by atoms with Crippen molar-refractivity contribution in [3.8, 4) is 5.75 Å². The SMILES string of the molecule is CCCC[C@H]1C(=O)N2C[C@H](O)C[C@@H]2C(=O)N[C@@H](COC=O)C(=O)N[C@@H](C(C)C)C(=O)N(C)[C@@H](Cc2ccccc2)C(=O)N[C@@H](CCCN)C(=O)N2CCC[C@@H]2C(=O)N[C@@H](Cc2c[nH]c3ccccc23)C(=O)N[C@@H](Cc2ccc(O)cc2)C(=O)N[C@@H](CCOC)C(=O)N[C@H](C(=O)NCC(N)=O)CSCC(=O)N[C@@H](Cc2cc(F)c(F)c(F)c2)C(=O)N(C)[C@@H](Cc2ccccc2)C(=O)N1C. The Hall–Kier alpha value is -13.0. The maximum absolute atomic E-state index is 15.7. The molecule has 9 rings (SSSR count). The van der Waals surface area contributed by atoms with Crippen molar-refractivity contribution in [2.45, 2.75) is 195 Å². The Balaban J connectivity index is 1.13. The van der Waals surface area contributed by atoms with Crippen LogP contribution in [0.1, 0.15) is 106 Å². The molecule has 15 amide bonds. The highest BCUT2D eigenvalue weighted by atomic mass is 32.2. The quantitative estimate of drug-likeness (QED) is 0.0256. The first-order valence-electron chi connectivity index (χ1n) is 44.0. The molecule has 0 radical (unpaired) electrons. The van der Waals surface area contributed by atoms with Gasteiger partial charge in [0.15, 0.2) is 17.5 Å². The number of methoxy groups -OCH3 is 1. The first-order valence-corrected chi connectivity index (χ1v) is 45.1. The molecule has 0 spiro atoms. The van der Waals surface area contributed by atoms with Crippen LogP contribution in [0.2, 0.25) is 0 Å². The predicted molar refractivity (Wildman–Crippen MR) is 481 cm³/mol. The average molecular weight is 1870 g/mol. The monoisotopic (exact) mass is 1870 g/mol. The summed E-state index contributed by atoms with van der Waals surface area (Å²) in [7, 11) is 5.01. The second-order valence-electron chi connectivity index (χ2n) is 33.6. The number of fused-ring (bicyclic) bond motifs is 3. The Labute approximate surface area is 771 Å². The fourth-order valence-electron chi connectivity index (χ4n) is 16.3. The van der Waals surface area contributed by atoms with Gasteiger partial charge in [-0.25, -0.2) is 13.2 Å². The number of unbranched alkanes of at least 4 members (excludes halogenated alkanes) is 1. The molecule has 0 bridgehead atoms. The number of aromatic amines is 1. The van der Waals surface area contributed by atoms with Crippen molar-refractivity contribution in [2.24, 2.45) is 17.4 Å². The van der Waals surface area contributed by atoms with E-state index in [2.05, 4.69) is 52.8 Å². The number of hydrogen-bond donors (Lipinski definition) is 14. The summed E-state index contributed by atoms with van der Waals surface area (Å²) in [5, 5.41) is 46.1. The number of carbonyl (C=O) groups is 16. The van der Waals surface area contributed by atoms with Gasteiger partial charge in [0.05, 0.1) is 18.4 Å². The zero-order valence-electron chi connectivity index (χ0n) is 75.1. The number of nitrogens with one attached hydrogen (secondary N) is 10. The number of halogens is 3. The number of rotatable bonds is 26. The molecule has 0 unspecified atom stereocenters. The summed E-state index contributed by atoms with van der Waals surface area (Å²) in [6.45, 7) is 2.48. The van der Waals surface area contributed by atoms with E-state index in [9.17, 15) is 48.2 Å². The molecular formula is C92H118F3N17O20S. The molecule has 37 nitrogen and oxygen atoms in total. The van der Waals surface area contributed by atoms with E-state index < -0.39 is 241 Å². The Morgan fingerprint density at radius 2 is 1.14 bits per heavy atom. The fourth-order valence-corrected chi connectivity index (χ4v) is 17.1. The number of primary amides is 1. The lowest BCUT2D eigenvalue weighted by Crippen LogP contribution is -2.62. The van der Waals surface area contributed by atoms with Crippen LogP contribution in [0.5, 0.6) is 5.75 Å². The number of phenolic OH excluding ortho intramolecular Hbond substituents is 1. The average Bonchev–Trinajstić information content (AvgIpc) is 1.62. The van der Waals surface area contributed by atoms with Crippen LogP contribution in [0.25, 0.3) is 10.9 Å². The van der Waals surface area contributed by atoms with Crippen LogP contribution in [0.4, 0.5) is 13.2 Å². The minimum atomic E-state index is -1.89. The van der Waals surface area contributed by atoms with Crippen molar-refractivity contribution in [3.05, 3.63) is 173 Å². The number of aliphatic hydroxyl groups excluding tert-OH is 1. The Bertz CT molecular complexity index is 5080. The maximum Gasteiger partial charge on any atom is 0.293 e. The molecular weight excluding hydrogens is 1750 g/mol. The standard InChI is InChI=1S/C92H118F3N17O20S/c1-8-9-27-72-91(129)112-47-59(115)44-74(112)87(125)105-69(48-132-51-113)84(122)107-79(52(2)3)92(130)109(5)73(41-53-20-12-10-13-21-53)86(124)102-65(26-18-34-96)89(127)111-35-19-28-71(111)85(123)104-67(43-57-45-98-63-25-17-16-24-60(57)63)83(121)103-66(39-55-29-31-58(114)32-30-55)82(120)101-64(33-36-131-7)81(119)106-70(80(118)99-46-76(97)116)49-133-50-77(117)100-68(40-56-37-61(93)78(95)62(94)38-56)88(126)110(6)75(90(128)108(72)4)42-54-22-14-11-15-23-54/h10-17,20-25,29-32,37-38,45,51-52,59,64-75,79,98,114-115H,8-9,18-19,26-28,33-36,39-44,46-50,96H2,1-7H3,(H2,97,116)(H,99,118)(H,100,117)(H,101,120)(H,102,124)(H,103,121)(H,104,123)(H,105,125)(H,106,119)(H,107,122)/t59-,64+,65+,66+,67+,68+,69+,70+,71-,72+,73+,74-,75+,79+/m1/s1. The van der Waals surface area contributed by atoms with E-state index in [0.29, 0.717) is 63.5 Å². The van der Waals surface area contributed by atoms with E-state index in [1.165, 1.54) is 57.4 Å². The van der Waals surface area contributed by atoms with E-state index in [1.54, 1.807) is 112 Å². The van der Waals surface area contributed by atoms with E-state index in [0.717, 1.165) is 19.6 Å². The number of hydrogen-bond acceptors (Lipinski definition) is 22. The van der Waals surface area contributed by atoms with Gasteiger partial charge < -0.3 is 108 Å². The van der Waals surface area contributed by atoms with Crippen molar-refractivity contribution in [1.82, 2.24) is 77.3 Å². The lowest BCUT2D eigenvalue weighted by Gasteiger charge is -2.38. The molecule has 1 aromatic heterocycles. The Morgan fingerprint density at radius 3 is 1.77 bits per heavy atom. The van der Waals surface area contributed by atoms with Gasteiger partial charge in [-0.15, -0.1) is 11.8 Å². The summed E-state index contributed by atoms with van der Waals surface area (Å²) >= 11 is 0.652. The van der Waals surface area contributed by atoms with Gasteiger partial charge in [-0.05, 0) is 109 Å². The number of para-hydroxylation sites is 1. The first kappa shape index (κ1) is 104. The zero-order valence-corrected chi connectivity index (χ0v) is 75.9. The third kappa shape index (κ3) is 28.7. The molecule has 3 saturated heterocycles. The van der Waals surface area contributed by atoms with Crippen LogP contribution >= 0.6 is 11.8 Å². The third-order valence-electron chi connectivity index (χ3n) is 23.6. The minimum Gasteiger partial charge on any atom is -0.508 e. The van der Waals surface area contributed by atoms with Gasteiger partial charge in [-0.1, -0.05) is 125 Å². The maximum atomic E-state index is 15.7. The zero-order chi connectivity index (χ0) is 96.9. The molecule has 718 valence electrons. The third-order valence-corrected chi connectivity index (χ3v) is 24.6. The van der Waals surface area contributed by atoms with Crippen LogP contribution in [-0.4, -0.2) is 299 Å². The number of nitrogens with zero attached hydrogens (tertiary/aromatic N) is 5. The van der Waals surface area contributed by atoms with Crippen molar-refractivity contribution in [1.29, 1.82) is 0 Å². The number of phenols is 1. The number of ether oxygens (including phenoxy) is 2. The molecule has 3 fully saturated rings. The van der Waals surface area contributed by atoms with Crippen LogP contribution in [0.15, 0.2) is 128 Å². The van der Waals surface area contributed by atoms with Gasteiger partial charge >= 0.3 is 0 Å². The van der Waals surface area contributed by atoms with Gasteiger partial charge in [0, 0.05) is 109 Å². The van der Waals surface area contributed by atoms with E-state index in [4.69, 9.17) is 20.9 Å². The van der Waals surface area contributed by atoms with Crippen molar-refractivity contribution in [3.63, 3.8) is 0 Å². The second kappa shape index (κ2) is 50.0. The summed E-state index contributed by atoms with van der Waals surface area (Å²) in [6, 6.07) is 9.47. The lowest BCUT2D eigenvalue weighted by atomic mass is 9.98. The number of likely N-dealkylation sites (N-methyl/N-ethyl adjacent to an activating group) is 3. The number of benzene rings is 5. The highest BCUT2D eigenvalue weighted by Gasteiger charge is 2.48. The number of carbonyl (C=O) groups excluding carboxylic acids is 16. The Kier molecular flexibility index (Phi) is 39.0. The van der Waals surface area contributed by atoms with Crippen LogP contribution < -0.4 is 59.3 Å². The topological polar surface area (TPSA) is 524 Å². The number of aromatic hydroxyl groups is 1. The second-order valence-corrected chi connectivity index (χ2v) is 34.6. The van der Waals surface area contributed by atoms with Crippen LogP contribution in [-0.2, 0) is 118 Å². The molecule has 0 aliphatic carbocycles. The van der Waals surface area contributed by atoms with E-state index in [-0.39, 0.29) is 108 Å². The van der Waals surface area contributed by atoms with Crippen molar-refractivity contribution in [2.75, 3.05) is 79.2 Å². The molecule has 41 heteroatoms. The largest absolute Gasteiger partial charge is 0.508 e. The first-order chi connectivity index (χ1) is 63.5. The highest BCUT2D eigenvalue weighted by Crippen LogP contribution is 2.29.